The summed E-state index contributed by atoms with van der Waals surface area (Å²) in [6, 6.07) is 33.3. The summed E-state index contributed by atoms with van der Waals surface area (Å²) >= 11 is 0. The zero-order chi connectivity index (χ0) is 32.5. The van der Waals surface area contributed by atoms with Crippen molar-refractivity contribution in [3.63, 3.8) is 0 Å². The number of pyridine rings is 1. The summed E-state index contributed by atoms with van der Waals surface area (Å²) in [5.74, 6) is 3.06. The third-order valence-corrected chi connectivity index (χ3v) is 8.88. The van der Waals surface area contributed by atoms with Crippen molar-refractivity contribution in [2.45, 2.75) is 53.4 Å². The molecule has 3 heterocycles. The van der Waals surface area contributed by atoms with Crippen LogP contribution in [0.2, 0.25) is 0 Å². The van der Waals surface area contributed by atoms with Crippen LogP contribution in [-0.2, 0) is 12.8 Å². The van der Waals surface area contributed by atoms with E-state index in [0.29, 0.717) is 0 Å². The topological polar surface area (TPSA) is 54.1 Å². The minimum atomic E-state index is 0.749. The van der Waals surface area contributed by atoms with Crippen LogP contribution in [0.25, 0.3) is 44.4 Å². The van der Waals surface area contributed by atoms with Crippen LogP contribution in [-0.4, -0.2) is 26.4 Å². The number of ether oxygens (including phenoxy) is 2. The van der Waals surface area contributed by atoms with E-state index in [9.17, 15) is 0 Å². The molecule has 4 aromatic carbocycles. The van der Waals surface area contributed by atoms with Gasteiger partial charge in [0, 0.05) is 40.7 Å². The summed E-state index contributed by atoms with van der Waals surface area (Å²) in [4.78, 5) is 4.70. The quantitative estimate of drug-likeness (QED) is 0.153. The number of rotatable bonds is 10. The van der Waals surface area contributed by atoms with Gasteiger partial charge in [-0.3, -0.25) is 4.57 Å². The molecule has 3 aromatic heterocycles. The lowest BCUT2D eigenvalue weighted by atomic mass is 9.91. The molecule has 7 rings (SSSR count). The van der Waals surface area contributed by atoms with Crippen molar-refractivity contribution in [1.29, 1.82) is 0 Å². The van der Waals surface area contributed by atoms with E-state index in [2.05, 4.69) is 110 Å². The SMILES string of the molecule is CCCc1nn(-c2cccc(Oc3ccc4c5ccccc5n(-c5cc(OC)ccn5)c4c3)c2)c(CCC)c1-c1c(C)cccc1C. The van der Waals surface area contributed by atoms with Crippen LogP contribution in [0.3, 0.4) is 0 Å². The fourth-order valence-electron chi connectivity index (χ4n) is 6.82. The second kappa shape index (κ2) is 12.8. The number of aryl methyl sites for hydroxylation is 3. The van der Waals surface area contributed by atoms with Crippen molar-refractivity contribution >= 4 is 21.8 Å². The van der Waals surface area contributed by atoms with E-state index in [1.165, 1.54) is 27.9 Å². The van der Waals surface area contributed by atoms with E-state index in [-0.39, 0.29) is 0 Å². The highest BCUT2D eigenvalue weighted by Gasteiger charge is 2.22. The first-order valence-electron chi connectivity index (χ1n) is 16.5. The Hall–Kier alpha value is -5.36. The van der Waals surface area contributed by atoms with Gasteiger partial charge in [0.25, 0.3) is 0 Å². The number of fused-ring (bicyclic) bond motifs is 3. The molecule has 0 N–H and O–H groups in total. The minimum absolute atomic E-state index is 0.749. The fourth-order valence-corrected chi connectivity index (χ4v) is 6.82. The molecule has 0 aliphatic rings. The van der Waals surface area contributed by atoms with Gasteiger partial charge in [-0.25, -0.2) is 9.67 Å². The van der Waals surface area contributed by atoms with Gasteiger partial charge >= 0.3 is 0 Å². The van der Waals surface area contributed by atoms with Crippen molar-refractivity contribution in [2.75, 3.05) is 7.11 Å². The van der Waals surface area contributed by atoms with Crippen LogP contribution in [0.1, 0.15) is 49.2 Å². The van der Waals surface area contributed by atoms with E-state index in [1.54, 1.807) is 13.3 Å². The minimum Gasteiger partial charge on any atom is -0.497 e. The summed E-state index contributed by atoms with van der Waals surface area (Å²) in [5.41, 5.74) is 10.7. The molecule has 7 aromatic rings. The van der Waals surface area contributed by atoms with E-state index in [4.69, 9.17) is 19.6 Å². The molecule has 0 bridgehead atoms. The first-order valence-corrected chi connectivity index (χ1v) is 16.5. The monoisotopic (exact) mass is 620 g/mol. The molecule has 47 heavy (non-hydrogen) atoms. The molecule has 0 radical (unpaired) electrons. The van der Waals surface area contributed by atoms with E-state index < -0.39 is 0 Å². The fraction of sp³-hybridized carbons (Fsp3) is 0.220. The maximum atomic E-state index is 6.59. The summed E-state index contributed by atoms with van der Waals surface area (Å²) < 4.78 is 16.4. The molecule has 6 heteroatoms. The van der Waals surface area contributed by atoms with Crippen molar-refractivity contribution < 1.29 is 9.47 Å². The van der Waals surface area contributed by atoms with Gasteiger partial charge < -0.3 is 9.47 Å². The Labute approximate surface area is 276 Å². The Morgan fingerprint density at radius 3 is 2.19 bits per heavy atom. The molecule has 0 amide bonds. The zero-order valence-corrected chi connectivity index (χ0v) is 27.7. The summed E-state index contributed by atoms with van der Waals surface area (Å²) in [7, 11) is 1.68. The number of nitrogens with zero attached hydrogens (tertiary/aromatic N) is 4. The Balaban J connectivity index is 1.32. The molecule has 0 atom stereocenters. The van der Waals surface area contributed by atoms with Crippen molar-refractivity contribution in [3.8, 4) is 39.9 Å². The molecule has 0 saturated heterocycles. The standard InChI is InChI=1S/C41H40N4O2/c1-6-12-35-41(40-27(3)14-10-15-28(40)4)37(13-7-2)45(43-35)29-16-11-17-31(24-29)47-32-20-21-34-33-18-8-9-19-36(33)44(38(34)25-32)39-26-30(46-5)22-23-42-39/h8-11,14-26H,6-7,12-13H2,1-5H3. The number of methoxy groups -OCH3 is 1. The van der Waals surface area contributed by atoms with Gasteiger partial charge in [-0.05, 0) is 79.8 Å². The molecular weight excluding hydrogens is 580 g/mol. The zero-order valence-electron chi connectivity index (χ0n) is 27.7. The Kier molecular flexibility index (Phi) is 8.25. The Morgan fingerprint density at radius 2 is 1.40 bits per heavy atom. The van der Waals surface area contributed by atoms with Gasteiger partial charge in [-0.2, -0.15) is 5.10 Å². The normalized spacial score (nSPS) is 11.4. The maximum absolute atomic E-state index is 6.59. The van der Waals surface area contributed by atoms with E-state index in [0.717, 1.165) is 81.9 Å². The third kappa shape index (κ3) is 5.54. The van der Waals surface area contributed by atoms with Gasteiger partial charge in [0.2, 0.25) is 0 Å². The number of para-hydroxylation sites is 1. The second-order valence-corrected chi connectivity index (χ2v) is 12.1. The average molecular weight is 621 g/mol. The second-order valence-electron chi connectivity index (χ2n) is 12.1. The van der Waals surface area contributed by atoms with Crippen LogP contribution in [0, 0.1) is 13.8 Å². The molecule has 0 fully saturated rings. The van der Waals surface area contributed by atoms with Crippen LogP contribution >= 0.6 is 0 Å². The maximum Gasteiger partial charge on any atom is 0.141 e. The number of hydrogen-bond acceptors (Lipinski definition) is 4. The number of benzene rings is 4. The largest absolute Gasteiger partial charge is 0.497 e. The molecule has 0 saturated carbocycles. The number of hydrogen-bond donors (Lipinski definition) is 0. The first kappa shape index (κ1) is 30.3. The number of aromatic nitrogens is 4. The van der Waals surface area contributed by atoms with Crippen molar-refractivity contribution in [3.05, 3.63) is 126 Å². The molecule has 0 unspecified atom stereocenters. The highest BCUT2D eigenvalue weighted by atomic mass is 16.5. The van der Waals surface area contributed by atoms with Gasteiger partial charge in [-0.15, -0.1) is 0 Å². The summed E-state index contributed by atoms with van der Waals surface area (Å²) in [6.07, 6.45) is 5.71. The van der Waals surface area contributed by atoms with E-state index in [1.807, 2.05) is 24.3 Å². The molecule has 0 aliphatic heterocycles. The molecule has 0 aliphatic carbocycles. The third-order valence-electron chi connectivity index (χ3n) is 8.88. The van der Waals surface area contributed by atoms with Crippen molar-refractivity contribution in [1.82, 2.24) is 19.3 Å². The smallest absolute Gasteiger partial charge is 0.141 e. The highest BCUT2D eigenvalue weighted by molar-refractivity contribution is 6.09. The lowest BCUT2D eigenvalue weighted by Crippen LogP contribution is -2.03. The molecule has 0 spiro atoms. The van der Waals surface area contributed by atoms with Crippen LogP contribution in [0.15, 0.2) is 103 Å². The Morgan fingerprint density at radius 1 is 0.660 bits per heavy atom. The van der Waals surface area contributed by atoms with Crippen LogP contribution in [0.4, 0.5) is 0 Å². The predicted molar refractivity (Wildman–Crippen MR) is 192 cm³/mol. The Bertz CT molecular complexity index is 2210. The highest BCUT2D eigenvalue weighted by Crippen LogP contribution is 2.38. The lowest BCUT2D eigenvalue weighted by molar-refractivity contribution is 0.414. The van der Waals surface area contributed by atoms with Crippen LogP contribution < -0.4 is 9.47 Å². The van der Waals surface area contributed by atoms with Gasteiger partial charge in [0.15, 0.2) is 0 Å². The molecule has 6 nitrogen and oxygen atoms in total. The lowest BCUT2D eigenvalue weighted by Gasteiger charge is -2.14. The van der Waals surface area contributed by atoms with Crippen molar-refractivity contribution in [2.24, 2.45) is 0 Å². The average Bonchev–Trinajstić information content (AvgIpc) is 3.60. The predicted octanol–water partition coefficient (Wildman–Crippen LogP) is 10.4. The first-order chi connectivity index (χ1) is 23.0. The van der Waals surface area contributed by atoms with E-state index >= 15 is 0 Å². The van der Waals surface area contributed by atoms with Gasteiger partial charge in [-0.1, -0.05) is 69.2 Å². The summed E-state index contributed by atoms with van der Waals surface area (Å²) in [6.45, 7) is 8.88. The molecular formula is C41H40N4O2. The van der Waals surface area contributed by atoms with Gasteiger partial charge in [0.1, 0.15) is 23.1 Å². The summed E-state index contributed by atoms with van der Waals surface area (Å²) in [5, 5.41) is 7.55. The van der Waals surface area contributed by atoms with Crippen LogP contribution in [0.5, 0.6) is 17.2 Å². The molecule has 236 valence electrons. The van der Waals surface area contributed by atoms with Gasteiger partial charge in [0.05, 0.1) is 35.2 Å².